The van der Waals surface area contributed by atoms with E-state index in [4.69, 9.17) is 5.21 Å². The zero-order valence-electron chi connectivity index (χ0n) is 17.4. The van der Waals surface area contributed by atoms with Crippen LogP contribution in [0, 0.1) is 0 Å². The molecule has 0 aliphatic carbocycles. The van der Waals surface area contributed by atoms with E-state index in [1.54, 1.807) is 11.6 Å². The highest BCUT2D eigenvalue weighted by molar-refractivity contribution is 5.90. The first kappa shape index (κ1) is 21.0. The van der Waals surface area contributed by atoms with Crippen LogP contribution in [-0.4, -0.2) is 44.1 Å². The van der Waals surface area contributed by atoms with Gasteiger partial charge in [0.2, 0.25) is 0 Å². The number of likely N-dealkylation sites (tertiary alicyclic amines) is 1. The summed E-state index contributed by atoms with van der Waals surface area (Å²) in [5.74, 6) is -0.535. The van der Waals surface area contributed by atoms with E-state index < -0.39 is 5.91 Å². The van der Waals surface area contributed by atoms with Gasteiger partial charge in [0.1, 0.15) is 0 Å². The summed E-state index contributed by atoms with van der Waals surface area (Å²) in [4.78, 5) is 13.6. The molecular weight excluding hydrogens is 390 g/mol. The fraction of sp³-hybridized carbons (Fsp3) is 0.292. The van der Waals surface area contributed by atoms with Crippen molar-refractivity contribution in [2.75, 3.05) is 13.1 Å². The average molecular weight is 418 g/mol. The Balaban J connectivity index is 1.33. The van der Waals surface area contributed by atoms with Gasteiger partial charge >= 0.3 is 0 Å². The van der Waals surface area contributed by atoms with E-state index in [0.717, 1.165) is 43.7 Å². The first-order valence-electron chi connectivity index (χ1n) is 10.6. The molecule has 7 nitrogen and oxygen atoms in total. The molecule has 4 rings (SSSR count). The van der Waals surface area contributed by atoms with Crippen LogP contribution in [-0.2, 0) is 17.8 Å². The van der Waals surface area contributed by atoms with Crippen LogP contribution in [0.3, 0.4) is 0 Å². The van der Waals surface area contributed by atoms with Crippen LogP contribution in [0.4, 0.5) is 0 Å². The number of nitrogens with one attached hydrogen (secondary N) is 1. The molecule has 31 heavy (non-hydrogen) atoms. The summed E-state index contributed by atoms with van der Waals surface area (Å²) >= 11 is 0. The minimum Gasteiger partial charge on any atom is -0.296 e. The smallest absolute Gasteiger partial charge is 0.267 e. The maximum Gasteiger partial charge on any atom is 0.267 e. The van der Waals surface area contributed by atoms with Crippen molar-refractivity contribution in [3.8, 4) is 0 Å². The fourth-order valence-electron chi connectivity index (χ4n) is 4.07. The van der Waals surface area contributed by atoms with Crippen LogP contribution in [0.25, 0.3) is 6.08 Å². The van der Waals surface area contributed by atoms with Crippen LogP contribution in [0.2, 0.25) is 0 Å². The minimum atomic E-state index is -0.535. The minimum absolute atomic E-state index is 0.401. The van der Waals surface area contributed by atoms with Crippen LogP contribution >= 0.6 is 0 Å². The third kappa shape index (κ3) is 5.65. The number of hydrogen-bond donors (Lipinski definition) is 2. The average Bonchev–Trinajstić information content (AvgIpc) is 3.46. The van der Waals surface area contributed by atoms with Crippen molar-refractivity contribution in [1.82, 2.24) is 25.4 Å². The Morgan fingerprint density at radius 3 is 2.74 bits per heavy atom. The van der Waals surface area contributed by atoms with Gasteiger partial charge in [-0.05, 0) is 42.2 Å². The van der Waals surface area contributed by atoms with Gasteiger partial charge in [-0.1, -0.05) is 59.8 Å². The van der Waals surface area contributed by atoms with Crippen molar-refractivity contribution in [2.24, 2.45) is 0 Å². The summed E-state index contributed by atoms with van der Waals surface area (Å²) in [5.41, 5.74) is 6.04. The topological polar surface area (TPSA) is 83.3 Å². The molecule has 0 saturated carbocycles. The van der Waals surface area contributed by atoms with Crippen molar-refractivity contribution >= 4 is 12.0 Å². The molecule has 1 aliphatic heterocycles. The second-order valence-corrected chi connectivity index (χ2v) is 7.81. The maximum absolute atomic E-state index is 11.1. The summed E-state index contributed by atoms with van der Waals surface area (Å²) < 4.78 is 1.90. The van der Waals surface area contributed by atoms with Gasteiger partial charge in [0.25, 0.3) is 5.91 Å². The Hall–Kier alpha value is -3.29. The zero-order chi connectivity index (χ0) is 21.5. The molecule has 2 heterocycles. The van der Waals surface area contributed by atoms with Crippen molar-refractivity contribution in [1.29, 1.82) is 0 Å². The normalized spacial score (nSPS) is 16.7. The number of hydrogen-bond acceptors (Lipinski definition) is 5. The number of benzene rings is 2. The van der Waals surface area contributed by atoms with Crippen LogP contribution in [0.5, 0.6) is 0 Å². The van der Waals surface area contributed by atoms with Gasteiger partial charge in [-0.3, -0.25) is 14.9 Å². The predicted molar refractivity (Wildman–Crippen MR) is 118 cm³/mol. The maximum atomic E-state index is 11.1. The summed E-state index contributed by atoms with van der Waals surface area (Å²) in [7, 11) is 0. The van der Waals surface area contributed by atoms with Gasteiger partial charge in [-0.2, -0.15) is 0 Å². The molecule has 1 aromatic heterocycles. The number of nitrogens with zero attached hydrogens (tertiary/aromatic N) is 4. The molecule has 1 saturated heterocycles. The van der Waals surface area contributed by atoms with Gasteiger partial charge in [-0.15, -0.1) is 5.10 Å². The molecular formula is C24H27N5O2. The lowest BCUT2D eigenvalue weighted by Crippen LogP contribution is -2.25. The molecule has 3 aromatic rings. The zero-order valence-corrected chi connectivity index (χ0v) is 17.4. The molecule has 1 fully saturated rings. The molecule has 7 heteroatoms. The Labute approximate surface area is 182 Å². The molecule has 0 radical (unpaired) electrons. The van der Waals surface area contributed by atoms with Gasteiger partial charge in [0.05, 0.1) is 12.2 Å². The number of amides is 1. The molecule has 2 aromatic carbocycles. The van der Waals surface area contributed by atoms with Crippen LogP contribution in [0.15, 0.2) is 66.9 Å². The van der Waals surface area contributed by atoms with Gasteiger partial charge in [0, 0.05) is 31.3 Å². The Morgan fingerprint density at radius 1 is 1.16 bits per heavy atom. The molecule has 1 unspecified atom stereocenters. The number of rotatable bonds is 8. The van der Waals surface area contributed by atoms with E-state index in [9.17, 15) is 4.79 Å². The Kier molecular flexibility index (Phi) is 6.86. The molecule has 0 spiro atoms. The van der Waals surface area contributed by atoms with E-state index in [1.165, 1.54) is 23.6 Å². The second kappa shape index (κ2) is 10.1. The first-order chi connectivity index (χ1) is 15.2. The van der Waals surface area contributed by atoms with Crippen LogP contribution in [0.1, 0.15) is 41.3 Å². The number of hydroxylamine groups is 1. The molecule has 1 aliphatic rings. The summed E-state index contributed by atoms with van der Waals surface area (Å²) in [6.45, 7) is 2.77. The van der Waals surface area contributed by atoms with Crippen molar-refractivity contribution in [3.63, 3.8) is 0 Å². The number of aromatic nitrogens is 3. The largest absolute Gasteiger partial charge is 0.296 e. The SMILES string of the molecule is O=C(C=Cc1ccc(C2CCCN2CCc2cn(Cc3ccccc3)nn2)cc1)NO. The fourth-order valence-corrected chi connectivity index (χ4v) is 4.07. The van der Waals surface area contributed by atoms with Gasteiger partial charge < -0.3 is 0 Å². The highest BCUT2D eigenvalue weighted by Crippen LogP contribution is 2.32. The third-order valence-electron chi connectivity index (χ3n) is 5.65. The Bertz CT molecular complexity index is 1010. The van der Waals surface area contributed by atoms with Crippen molar-refractivity contribution in [2.45, 2.75) is 31.8 Å². The molecule has 1 atom stereocenters. The van der Waals surface area contributed by atoms with Crippen molar-refractivity contribution < 1.29 is 10.0 Å². The summed E-state index contributed by atoms with van der Waals surface area (Å²) in [6, 6.07) is 18.9. The third-order valence-corrected chi connectivity index (χ3v) is 5.65. The van der Waals surface area contributed by atoms with Gasteiger partial charge in [-0.25, -0.2) is 10.2 Å². The monoisotopic (exact) mass is 417 g/mol. The highest BCUT2D eigenvalue weighted by atomic mass is 16.5. The number of carbonyl (C=O) groups excluding carboxylic acids is 1. The first-order valence-corrected chi connectivity index (χ1v) is 10.6. The highest BCUT2D eigenvalue weighted by Gasteiger charge is 2.25. The number of carbonyl (C=O) groups is 1. The Morgan fingerprint density at radius 2 is 1.97 bits per heavy atom. The summed E-state index contributed by atoms with van der Waals surface area (Å²) in [6.07, 6.45) is 8.24. The van der Waals surface area contributed by atoms with E-state index in [0.29, 0.717) is 6.04 Å². The lowest BCUT2D eigenvalue weighted by Gasteiger charge is -2.24. The lowest BCUT2D eigenvalue weighted by atomic mass is 10.0. The van der Waals surface area contributed by atoms with E-state index in [2.05, 4.69) is 39.5 Å². The molecule has 160 valence electrons. The standard InChI is InChI=1S/C24H27N5O2/c30-24(26-31)13-10-19-8-11-21(12-9-19)23-7-4-15-28(23)16-14-22-18-29(27-25-22)17-20-5-2-1-3-6-20/h1-3,5-6,8-13,18,23,31H,4,7,14-17H2,(H,26,30). The molecule has 1 amide bonds. The lowest BCUT2D eigenvalue weighted by molar-refractivity contribution is -0.124. The van der Waals surface area contributed by atoms with E-state index >= 15 is 0 Å². The van der Waals surface area contributed by atoms with E-state index in [-0.39, 0.29) is 0 Å². The van der Waals surface area contributed by atoms with Crippen molar-refractivity contribution in [3.05, 3.63) is 89.3 Å². The van der Waals surface area contributed by atoms with Crippen LogP contribution < -0.4 is 5.48 Å². The molecule has 2 N–H and O–H groups in total. The van der Waals surface area contributed by atoms with Gasteiger partial charge in [0.15, 0.2) is 0 Å². The predicted octanol–water partition coefficient (Wildman–Crippen LogP) is 3.22. The molecule has 0 bridgehead atoms. The van der Waals surface area contributed by atoms with E-state index in [1.807, 2.05) is 41.2 Å². The quantitative estimate of drug-likeness (QED) is 0.334. The second-order valence-electron chi connectivity index (χ2n) is 7.81. The summed E-state index contributed by atoms with van der Waals surface area (Å²) in [5, 5.41) is 17.2.